The van der Waals surface area contributed by atoms with Crippen molar-refractivity contribution in [3.8, 4) is 0 Å². The summed E-state index contributed by atoms with van der Waals surface area (Å²) in [6.07, 6.45) is 0.901. The Morgan fingerprint density at radius 2 is 2.60 bits per heavy atom. The van der Waals surface area contributed by atoms with Gasteiger partial charge < -0.3 is 10.5 Å². The Balaban J connectivity index is 2.29. The monoisotopic (exact) mass is 143 g/mol. The van der Waals surface area contributed by atoms with Gasteiger partial charge in [0.15, 0.2) is 0 Å². The van der Waals surface area contributed by atoms with Crippen molar-refractivity contribution in [2.75, 3.05) is 26.8 Å². The zero-order valence-electron chi connectivity index (χ0n) is 6.17. The molecular weight excluding hydrogens is 130 g/mol. The van der Waals surface area contributed by atoms with Gasteiger partial charge in [0.05, 0.1) is 5.71 Å². The highest BCUT2D eigenvalue weighted by molar-refractivity contribution is 5.87. The van der Waals surface area contributed by atoms with Crippen LogP contribution < -0.4 is 5.32 Å². The van der Waals surface area contributed by atoms with E-state index < -0.39 is 0 Å². The van der Waals surface area contributed by atoms with Gasteiger partial charge in [0.25, 0.3) is 0 Å². The van der Waals surface area contributed by atoms with Gasteiger partial charge in [-0.1, -0.05) is 5.16 Å². The molecule has 0 aromatic rings. The molecule has 10 heavy (non-hydrogen) atoms. The zero-order chi connectivity index (χ0) is 7.40. The lowest BCUT2D eigenvalue weighted by atomic mass is 10.3. The van der Waals surface area contributed by atoms with Gasteiger partial charge in [-0.3, -0.25) is 4.90 Å². The van der Waals surface area contributed by atoms with Crippen LogP contribution in [0.25, 0.3) is 0 Å². The van der Waals surface area contributed by atoms with Gasteiger partial charge in [-0.2, -0.15) is 0 Å². The summed E-state index contributed by atoms with van der Waals surface area (Å²) in [7, 11) is 1.91. The minimum absolute atomic E-state index is 0.803. The molecule has 0 aromatic carbocycles. The number of nitrogens with one attached hydrogen (secondary N) is 1. The molecule has 0 aliphatic carbocycles. The van der Waals surface area contributed by atoms with E-state index in [1.165, 1.54) is 0 Å². The second-order valence-electron chi connectivity index (χ2n) is 2.48. The smallest absolute Gasteiger partial charge is 0.0723 e. The molecule has 2 N–H and O–H groups in total. The highest BCUT2D eigenvalue weighted by Gasteiger charge is 2.16. The lowest BCUT2D eigenvalue weighted by Gasteiger charge is -2.11. The number of nitrogens with zero attached hydrogens (tertiary/aromatic N) is 2. The van der Waals surface area contributed by atoms with E-state index in [9.17, 15) is 0 Å². The zero-order valence-corrected chi connectivity index (χ0v) is 6.17. The maximum absolute atomic E-state index is 8.39. The van der Waals surface area contributed by atoms with Crippen molar-refractivity contribution >= 4 is 5.71 Å². The summed E-state index contributed by atoms with van der Waals surface area (Å²) < 4.78 is 0. The fourth-order valence-electron chi connectivity index (χ4n) is 1.14. The summed E-state index contributed by atoms with van der Waals surface area (Å²) in [5.41, 5.74) is 0.884. The molecule has 1 aliphatic heterocycles. The summed E-state index contributed by atoms with van der Waals surface area (Å²) in [5.74, 6) is 0. The van der Waals surface area contributed by atoms with Crippen molar-refractivity contribution in [1.82, 2.24) is 10.2 Å². The molecule has 58 valence electrons. The van der Waals surface area contributed by atoms with Crippen LogP contribution in [-0.2, 0) is 0 Å². The fraction of sp³-hybridized carbons (Fsp3) is 0.833. The van der Waals surface area contributed by atoms with Crippen LogP contribution in [-0.4, -0.2) is 42.6 Å². The molecule has 1 fully saturated rings. The number of hydrogen-bond donors (Lipinski definition) is 2. The molecule has 1 heterocycles. The maximum Gasteiger partial charge on any atom is 0.0723 e. The number of rotatable bonds is 2. The van der Waals surface area contributed by atoms with Gasteiger partial charge in [-0.25, -0.2) is 0 Å². The maximum atomic E-state index is 8.39. The van der Waals surface area contributed by atoms with Crippen LogP contribution >= 0.6 is 0 Å². The van der Waals surface area contributed by atoms with Crippen molar-refractivity contribution in [3.05, 3.63) is 0 Å². The molecule has 0 unspecified atom stereocenters. The van der Waals surface area contributed by atoms with E-state index in [1.807, 2.05) is 7.05 Å². The van der Waals surface area contributed by atoms with E-state index in [4.69, 9.17) is 5.21 Å². The molecule has 0 saturated carbocycles. The third kappa shape index (κ3) is 1.68. The largest absolute Gasteiger partial charge is 0.411 e. The van der Waals surface area contributed by atoms with Crippen LogP contribution in [0.4, 0.5) is 0 Å². The van der Waals surface area contributed by atoms with Gasteiger partial charge in [0, 0.05) is 26.2 Å². The Morgan fingerprint density at radius 3 is 3.10 bits per heavy atom. The van der Waals surface area contributed by atoms with Crippen LogP contribution in [0.2, 0.25) is 0 Å². The van der Waals surface area contributed by atoms with Crippen molar-refractivity contribution in [2.24, 2.45) is 5.16 Å². The predicted molar refractivity (Wildman–Crippen MR) is 39.3 cm³/mol. The van der Waals surface area contributed by atoms with Crippen LogP contribution in [0.15, 0.2) is 5.16 Å². The van der Waals surface area contributed by atoms with Crippen LogP contribution in [0, 0.1) is 0 Å². The average Bonchev–Trinajstić information content (AvgIpc) is 2.37. The first kappa shape index (κ1) is 7.50. The Kier molecular flexibility index (Phi) is 2.65. The number of hydrogen-bond acceptors (Lipinski definition) is 4. The van der Waals surface area contributed by atoms with Crippen molar-refractivity contribution in [3.63, 3.8) is 0 Å². The third-order valence-electron chi connectivity index (χ3n) is 1.65. The van der Waals surface area contributed by atoms with Gasteiger partial charge in [-0.15, -0.1) is 0 Å². The molecule has 1 aliphatic rings. The molecule has 0 radical (unpaired) electrons. The highest BCUT2D eigenvalue weighted by Crippen LogP contribution is 2.03. The van der Waals surface area contributed by atoms with E-state index >= 15 is 0 Å². The van der Waals surface area contributed by atoms with Crippen LogP contribution in [0.3, 0.4) is 0 Å². The van der Waals surface area contributed by atoms with Gasteiger partial charge in [0.1, 0.15) is 0 Å². The first-order valence-electron chi connectivity index (χ1n) is 3.43. The number of oxime groups is 1. The molecule has 0 spiro atoms. The quantitative estimate of drug-likeness (QED) is 0.412. The molecule has 0 atom stereocenters. The Bertz CT molecular complexity index is 135. The topological polar surface area (TPSA) is 47.9 Å². The van der Waals surface area contributed by atoms with E-state index in [0.29, 0.717) is 0 Å². The van der Waals surface area contributed by atoms with Gasteiger partial charge >= 0.3 is 0 Å². The number of likely N-dealkylation sites (tertiary alicyclic amines) is 1. The standard InChI is InChI=1S/C6H13N3O/c1-7-5-9-3-2-6(4-9)8-10/h7,10H,2-5H2,1H3/b8-6-. The van der Waals surface area contributed by atoms with E-state index in [-0.39, 0.29) is 0 Å². The van der Waals surface area contributed by atoms with E-state index in [0.717, 1.165) is 31.9 Å². The van der Waals surface area contributed by atoms with Gasteiger partial charge in [0.2, 0.25) is 0 Å². The second kappa shape index (κ2) is 3.53. The average molecular weight is 143 g/mol. The summed E-state index contributed by atoms with van der Waals surface area (Å²) in [6.45, 7) is 2.68. The minimum Gasteiger partial charge on any atom is -0.411 e. The Hall–Kier alpha value is -0.610. The summed E-state index contributed by atoms with van der Waals surface area (Å²) >= 11 is 0. The lowest BCUT2D eigenvalue weighted by Crippen LogP contribution is -2.30. The molecule has 1 rings (SSSR count). The van der Waals surface area contributed by atoms with Crippen LogP contribution in [0.1, 0.15) is 6.42 Å². The second-order valence-corrected chi connectivity index (χ2v) is 2.48. The molecule has 0 amide bonds. The predicted octanol–water partition coefficient (Wildman–Crippen LogP) is -0.301. The third-order valence-corrected chi connectivity index (χ3v) is 1.65. The Labute approximate surface area is 60.5 Å². The van der Waals surface area contributed by atoms with Crippen molar-refractivity contribution < 1.29 is 5.21 Å². The summed E-state index contributed by atoms with van der Waals surface area (Å²) in [5, 5.41) is 14.6. The van der Waals surface area contributed by atoms with Gasteiger partial charge in [-0.05, 0) is 7.05 Å². The Morgan fingerprint density at radius 1 is 1.80 bits per heavy atom. The fourth-order valence-corrected chi connectivity index (χ4v) is 1.14. The molecule has 4 nitrogen and oxygen atoms in total. The SMILES string of the molecule is CNCN1CC/C(=N/O)C1. The molecule has 4 heteroatoms. The summed E-state index contributed by atoms with van der Waals surface area (Å²) in [4.78, 5) is 2.19. The highest BCUT2D eigenvalue weighted by atomic mass is 16.4. The minimum atomic E-state index is 0.803. The molecule has 0 bridgehead atoms. The van der Waals surface area contributed by atoms with Crippen molar-refractivity contribution in [2.45, 2.75) is 6.42 Å². The van der Waals surface area contributed by atoms with E-state index in [2.05, 4.69) is 15.4 Å². The molecule has 1 saturated heterocycles. The lowest BCUT2D eigenvalue weighted by molar-refractivity contribution is 0.311. The van der Waals surface area contributed by atoms with E-state index in [1.54, 1.807) is 0 Å². The molecule has 0 aromatic heterocycles. The normalized spacial score (nSPS) is 24.3. The summed E-state index contributed by atoms with van der Waals surface area (Å²) in [6, 6.07) is 0. The first-order valence-corrected chi connectivity index (χ1v) is 3.43. The van der Waals surface area contributed by atoms with Crippen molar-refractivity contribution in [1.29, 1.82) is 0 Å². The molecular formula is C6H13N3O. The van der Waals surface area contributed by atoms with Crippen LogP contribution in [0.5, 0.6) is 0 Å². The first-order chi connectivity index (χ1) is 4.86.